The number of methoxy groups -OCH3 is 1. The first-order chi connectivity index (χ1) is 12.0. The van der Waals surface area contributed by atoms with E-state index >= 15 is 0 Å². The van der Waals surface area contributed by atoms with Crippen molar-refractivity contribution in [3.05, 3.63) is 65.9 Å². The first kappa shape index (κ1) is 16.8. The fourth-order valence-corrected chi connectivity index (χ4v) is 2.88. The number of benzene rings is 2. The number of ether oxygens (including phenoxy) is 1. The Balaban J connectivity index is 2.11. The van der Waals surface area contributed by atoms with E-state index in [2.05, 4.69) is 12.1 Å². The second-order valence-electron chi connectivity index (χ2n) is 6.20. The van der Waals surface area contributed by atoms with Crippen LogP contribution in [0.15, 0.2) is 54.6 Å². The molecular weight excluding hydrogens is 312 g/mol. The fourth-order valence-electron chi connectivity index (χ4n) is 2.88. The van der Waals surface area contributed by atoms with E-state index in [0.717, 1.165) is 33.5 Å². The summed E-state index contributed by atoms with van der Waals surface area (Å²) in [6.45, 7) is 2.03. The van der Waals surface area contributed by atoms with Gasteiger partial charge < -0.3 is 9.64 Å². The molecule has 1 aromatic heterocycles. The van der Waals surface area contributed by atoms with Crippen molar-refractivity contribution in [2.45, 2.75) is 6.92 Å². The monoisotopic (exact) mass is 334 g/mol. The lowest BCUT2D eigenvalue weighted by Crippen LogP contribution is -2.28. The second-order valence-corrected chi connectivity index (χ2v) is 6.20. The van der Waals surface area contributed by atoms with E-state index in [1.807, 2.05) is 55.5 Å². The highest BCUT2D eigenvalue weighted by Crippen LogP contribution is 2.27. The van der Waals surface area contributed by atoms with Crippen LogP contribution in [0.2, 0.25) is 0 Å². The molecule has 0 aliphatic heterocycles. The van der Waals surface area contributed by atoms with Gasteiger partial charge in [0.05, 0.1) is 18.3 Å². The third-order valence-electron chi connectivity index (χ3n) is 4.19. The summed E-state index contributed by atoms with van der Waals surface area (Å²) in [6.07, 6.45) is 2.08. The van der Waals surface area contributed by atoms with Crippen molar-refractivity contribution in [3.8, 4) is 5.75 Å². The summed E-state index contributed by atoms with van der Waals surface area (Å²) in [6, 6.07) is 17.8. The predicted molar refractivity (Wildman–Crippen MR) is 103 cm³/mol. The molecule has 0 aliphatic rings. The van der Waals surface area contributed by atoms with Gasteiger partial charge in [-0.15, -0.1) is 0 Å². The largest absolute Gasteiger partial charge is 0.497 e. The normalized spacial score (nSPS) is 11.6. The molecule has 4 heteroatoms. The van der Waals surface area contributed by atoms with E-state index in [0.29, 0.717) is 0 Å². The Morgan fingerprint density at radius 1 is 1.08 bits per heavy atom. The van der Waals surface area contributed by atoms with E-state index in [-0.39, 0.29) is 6.03 Å². The summed E-state index contributed by atoms with van der Waals surface area (Å²) in [4.78, 5) is 14.3. The SMILES string of the molecule is COc1ccc(/C=C(\C)c2cc3ccccc3n2C(=O)N(C)C)cc1. The maximum atomic E-state index is 12.7. The number of rotatable bonds is 3. The summed E-state index contributed by atoms with van der Waals surface area (Å²) in [7, 11) is 5.19. The molecule has 0 bridgehead atoms. The smallest absolute Gasteiger partial charge is 0.328 e. The molecule has 0 fully saturated rings. The average molecular weight is 334 g/mol. The second kappa shape index (κ2) is 6.85. The van der Waals surface area contributed by atoms with Crippen LogP contribution in [0.4, 0.5) is 4.79 Å². The minimum atomic E-state index is -0.0568. The van der Waals surface area contributed by atoms with Gasteiger partial charge in [-0.1, -0.05) is 30.3 Å². The van der Waals surface area contributed by atoms with Gasteiger partial charge in [0.1, 0.15) is 5.75 Å². The molecule has 128 valence electrons. The number of fused-ring (bicyclic) bond motifs is 1. The number of hydrogen-bond acceptors (Lipinski definition) is 2. The highest BCUT2D eigenvalue weighted by atomic mass is 16.5. The Labute approximate surface area is 147 Å². The summed E-state index contributed by atoms with van der Waals surface area (Å²) in [5, 5.41) is 1.05. The lowest BCUT2D eigenvalue weighted by molar-refractivity contribution is 0.220. The highest BCUT2D eigenvalue weighted by Gasteiger charge is 2.17. The van der Waals surface area contributed by atoms with Crippen molar-refractivity contribution in [2.75, 3.05) is 21.2 Å². The van der Waals surface area contributed by atoms with Crippen LogP contribution < -0.4 is 4.74 Å². The first-order valence-electron chi connectivity index (χ1n) is 8.16. The Kier molecular flexibility index (Phi) is 4.61. The minimum Gasteiger partial charge on any atom is -0.497 e. The molecule has 0 N–H and O–H groups in total. The molecule has 0 saturated heterocycles. The van der Waals surface area contributed by atoms with Crippen molar-refractivity contribution >= 4 is 28.6 Å². The molecule has 0 radical (unpaired) electrons. The summed E-state index contributed by atoms with van der Waals surface area (Å²) in [5.74, 6) is 0.826. The number of hydrogen-bond donors (Lipinski definition) is 0. The van der Waals surface area contributed by atoms with E-state index in [1.54, 1.807) is 30.7 Å². The summed E-state index contributed by atoms with van der Waals surface area (Å²) < 4.78 is 6.97. The summed E-state index contributed by atoms with van der Waals surface area (Å²) in [5.41, 5.74) is 3.90. The number of aromatic nitrogens is 1. The molecule has 25 heavy (non-hydrogen) atoms. The van der Waals surface area contributed by atoms with Crippen LogP contribution in [-0.2, 0) is 0 Å². The maximum Gasteiger partial charge on any atom is 0.328 e. The number of amides is 1. The number of nitrogens with zero attached hydrogens (tertiary/aromatic N) is 2. The lowest BCUT2D eigenvalue weighted by atomic mass is 10.1. The third-order valence-corrected chi connectivity index (χ3v) is 4.19. The van der Waals surface area contributed by atoms with E-state index < -0.39 is 0 Å². The molecule has 0 atom stereocenters. The Morgan fingerprint density at radius 3 is 2.40 bits per heavy atom. The van der Waals surface area contributed by atoms with E-state index in [9.17, 15) is 4.79 Å². The quantitative estimate of drug-likeness (QED) is 0.693. The van der Waals surface area contributed by atoms with Gasteiger partial charge >= 0.3 is 6.03 Å². The van der Waals surface area contributed by atoms with Crippen molar-refractivity contribution in [2.24, 2.45) is 0 Å². The lowest BCUT2D eigenvalue weighted by Gasteiger charge is -2.15. The van der Waals surface area contributed by atoms with Crippen LogP contribution in [0, 0.1) is 0 Å². The molecule has 2 aromatic carbocycles. The molecule has 0 aliphatic carbocycles. The van der Waals surface area contributed by atoms with Gasteiger partial charge in [-0.3, -0.25) is 4.57 Å². The van der Waals surface area contributed by atoms with Gasteiger partial charge in [0.15, 0.2) is 0 Å². The number of allylic oxidation sites excluding steroid dienone is 1. The van der Waals surface area contributed by atoms with Crippen LogP contribution in [0.1, 0.15) is 18.2 Å². The van der Waals surface area contributed by atoms with E-state index in [4.69, 9.17) is 4.74 Å². The Morgan fingerprint density at radius 2 is 1.76 bits per heavy atom. The number of carbonyl (C=O) groups is 1. The van der Waals surface area contributed by atoms with Crippen LogP contribution in [0.5, 0.6) is 5.75 Å². The summed E-state index contributed by atoms with van der Waals surface area (Å²) >= 11 is 0. The third kappa shape index (κ3) is 3.29. The van der Waals surface area contributed by atoms with E-state index in [1.165, 1.54) is 0 Å². The Bertz CT molecular complexity index is 934. The first-order valence-corrected chi connectivity index (χ1v) is 8.16. The van der Waals surface area contributed by atoms with Crippen LogP contribution in [0.25, 0.3) is 22.6 Å². The van der Waals surface area contributed by atoms with Crippen molar-refractivity contribution in [3.63, 3.8) is 0 Å². The van der Waals surface area contributed by atoms with Gasteiger partial charge in [0.25, 0.3) is 0 Å². The molecule has 0 saturated carbocycles. The molecule has 1 heterocycles. The number of para-hydroxylation sites is 1. The highest BCUT2D eigenvalue weighted by molar-refractivity contribution is 5.97. The molecule has 0 unspecified atom stereocenters. The van der Waals surface area contributed by atoms with Crippen molar-refractivity contribution in [1.82, 2.24) is 9.47 Å². The van der Waals surface area contributed by atoms with Crippen molar-refractivity contribution in [1.29, 1.82) is 0 Å². The van der Waals surface area contributed by atoms with Crippen LogP contribution in [0.3, 0.4) is 0 Å². The molecular formula is C21H22N2O2. The van der Waals surface area contributed by atoms with Gasteiger partial charge in [0.2, 0.25) is 0 Å². The number of carbonyl (C=O) groups excluding carboxylic acids is 1. The molecule has 0 spiro atoms. The standard InChI is InChI=1S/C21H22N2O2/c1-15(13-16-9-11-18(25-4)12-10-16)20-14-17-7-5-6-8-19(17)23(20)21(24)22(2)3/h5-14H,1-4H3/b15-13+. The minimum absolute atomic E-state index is 0.0568. The Hall–Kier alpha value is -3.01. The van der Waals surface area contributed by atoms with Gasteiger partial charge in [-0.05, 0) is 48.4 Å². The zero-order valence-corrected chi connectivity index (χ0v) is 15.0. The maximum absolute atomic E-state index is 12.7. The fraction of sp³-hybridized carbons (Fsp3) is 0.190. The van der Waals surface area contributed by atoms with Gasteiger partial charge in [-0.25, -0.2) is 4.79 Å². The zero-order valence-electron chi connectivity index (χ0n) is 15.0. The van der Waals surface area contributed by atoms with Crippen LogP contribution in [-0.4, -0.2) is 36.7 Å². The average Bonchev–Trinajstić information content (AvgIpc) is 3.01. The van der Waals surface area contributed by atoms with Crippen molar-refractivity contribution < 1.29 is 9.53 Å². The zero-order chi connectivity index (χ0) is 18.0. The van der Waals surface area contributed by atoms with Gasteiger partial charge in [0, 0.05) is 19.5 Å². The van der Waals surface area contributed by atoms with Gasteiger partial charge in [-0.2, -0.15) is 0 Å². The predicted octanol–water partition coefficient (Wildman–Crippen LogP) is 4.74. The molecule has 4 nitrogen and oxygen atoms in total. The molecule has 1 amide bonds. The van der Waals surface area contributed by atoms with Crippen LogP contribution >= 0.6 is 0 Å². The molecule has 3 aromatic rings. The topological polar surface area (TPSA) is 34.5 Å². The molecule has 3 rings (SSSR count).